The van der Waals surface area contributed by atoms with Crippen molar-refractivity contribution in [3.05, 3.63) is 29.8 Å². The van der Waals surface area contributed by atoms with E-state index >= 15 is 0 Å². The summed E-state index contributed by atoms with van der Waals surface area (Å²) in [6, 6.07) is 7.76. The second kappa shape index (κ2) is 5.29. The molecule has 92 valence electrons. The maximum Gasteiger partial charge on any atom is 0.253 e. The SMILES string of the molecule is Cc1ccc(N2C(=O)COCC2CCO)cc1. The van der Waals surface area contributed by atoms with Crippen molar-refractivity contribution in [3.63, 3.8) is 0 Å². The van der Waals surface area contributed by atoms with E-state index in [-0.39, 0.29) is 25.2 Å². The molecule has 1 unspecified atom stereocenters. The van der Waals surface area contributed by atoms with E-state index in [0.717, 1.165) is 11.3 Å². The monoisotopic (exact) mass is 235 g/mol. The van der Waals surface area contributed by atoms with Crippen LogP contribution in [0.1, 0.15) is 12.0 Å². The molecule has 17 heavy (non-hydrogen) atoms. The van der Waals surface area contributed by atoms with Gasteiger partial charge in [-0.3, -0.25) is 4.79 Å². The number of anilines is 1. The van der Waals surface area contributed by atoms with Crippen LogP contribution in [-0.2, 0) is 9.53 Å². The topological polar surface area (TPSA) is 49.8 Å². The fraction of sp³-hybridized carbons (Fsp3) is 0.462. The van der Waals surface area contributed by atoms with Crippen molar-refractivity contribution in [2.24, 2.45) is 0 Å². The molecule has 1 aliphatic heterocycles. The van der Waals surface area contributed by atoms with Gasteiger partial charge in [0.2, 0.25) is 0 Å². The molecule has 0 spiro atoms. The van der Waals surface area contributed by atoms with Gasteiger partial charge in [-0.1, -0.05) is 17.7 Å². The van der Waals surface area contributed by atoms with Crippen LogP contribution in [0.2, 0.25) is 0 Å². The van der Waals surface area contributed by atoms with Gasteiger partial charge < -0.3 is 14.7 Å². The van der Waals surface area contributed by atoms with Gasteiger partial charge in [0, 0.05) is 12.3 Å². The molecule has 1 aromatic carbocycles. The average Bonchev–Trinajstić information content (AvgIpc) is 2.32. The molecule has 0 saturated carbocycles. The zero-order valence-electron chi connectivity index (χ0n) is 9.93. The quantitative estimate of drug-likeness (QED) is 0.853. The second-order valence-corrected chi connectivity index (χ2v) is 4.28. The number of rotatable bonds is 3. The van der Waals surface area contributed by atoms with Gasteiger partial charge in [-0.15, -0.1) is 0 Å². The smallest absolute Gasteiger partial charge is 0.253 e. The fourth-order valence-electron chi connectivity index (χ4n) is 2.05. The maximum atomic E-state index is 11.9. The summed E-state index contributed by atoms with van der Waals surface area (Å²) in [5.41, 5.74) is 2.04. The molecular weight excluding hydrogens is 218 g/mol. The molecule has 1 saturated heterocycles. The molecule has 1 aliphatic rings. The first-order valence-electron chi connectivity index (χ1n) is 5.79. The van der Waals surface area contributed by atoms with E-state index in [1.54, 1.807) is 4.90 Å². The van der Waals surface area contributed by atoms with Crippen LogP contribution < -0.4 is 4.90 Å². The lowest BCUT2D eigenvalue weighted by Gasteiger charge is -2.35. The summed E-state index contributed by atoms with van der Waals surface area (Å²) in [5.74, 6) is -0.0430. The Hall–Kier alpha value is -1.39. The molecule has 1 heterocycles. The number of ether oxygens (including phenoxy) is 1. The fourth-order valence-corrected chi connectivity index (χ4v) is 2.05. The minimum absolute atomic E-state index is 0.0430. The summed E-state index contributed by atoms with van der Waals surface area (Å²) >= 11 is 0. The van der Waals surface area contributed by atoms with Crippen molar-refractivity contribution in [2.75, 3.05) is 24.7 Å². The molecule has 0 bridgehead atoms. The van der Waals surface area contributed by atoms with Gasteiger partial charge in [-0.25, -0.2) is 0 Å². The molecule has 2 rings (SSSR count). The van der Waals surface area contributed by atoms with Crippen LogP contribution in [0.5, 0.6) is 0 Å². The Balaban J connectivity index is 2.24. The number of morpholine rings is 1. The number of aliphatic hydroxyl groups excluding tert-OH is 1. The van der Waals surface area contributed by atoms with Gasteiger partial charge in [-0.2, -0.15) is 0 Å². The number of nitrogens with zero attached hydrogens (tertiary/aromatic N) is 1. The highest BCUT2D eigenvalue weighted by Crippen LogP contribution is 2.22. The van der Waals surface area contributed by atoms with Gasteiger partial charge in [0.15, 0.2) is 0 Å². The molecule has 1 aromatic rings. The summed E-state index contributed by atoms with van der Waals surface area (Å²) < 4.78 is 5.22. The lowest BCUT2D eigenvalue weighted by Crippen LogP contribution is -2.50. The maximum absolute atomic E-state index is 11.9. The summed E-state index contributed by atoms with van der Waals surface area (Å²) in [7, 11) is 0. The first kappa shape index (κ1) is 12.1. The lowest BCUT2D eigenvalue weighted by molar-refractivity contribution is -0.127. The zero-order chi connectivity index (χ0) is 12.3. The van der Waals surface area contributed by atoms with Gasteiger partial charge in [0.1, 0.15) is 6.61 Å². The summed E-state index contributed by atoms with van der Waals surface area (Å²) in [5, 5.41) is 9.02. The molecule has 0 aliphatic carbocycles. The number of amides is 1. The Morgan fingerprint density at radius 2 is 2.12 bits per heavy atom. The predicted molar refractivity (Wildman–Crippen MR) is 65.0 cm³/mol. The first-order chi connectivity index (χ1) is 8.22. The Kier molecular flexibility index (Phi) is 3.76. The van der Waals surface area contributed by atoms with Gasteiger partial charge in [0.05, 0.1) is 12.6 Å². The van der Waals surface area contributed by atoms with Crippen LogP contribution in [0.4, 0.5) is 5.69 Å². The van der Waals surface area contributed by atoms with E-state index in [1.165, 1.54) is 0 Å². The second-order valence-electron chi connectivity index (χ2n) is 4.28. The molecule has 4 nitrogen and oxygen atoms in total. The van der Waals surface area contributed by atoms with Crippen LogP contribution in [-0.4, -0.2) is 36.9 Å². The third kappa shape index (κ3) is 2.65. The Morgan fingerprint density at radius 1 is 1.41 bits per heavy atom. The van der Waals surface area contributed by atoms with E-state index in [4.69, 9.17) is 9.84 Å². The number of aliphatic hydroxyl groups is 1. The number of carbonyl (C=O) groups excluding carboxylic acids is 1. The van der Waals surface area contributed by atoms with Crippen LogP contribution in [0, 0.1) is 6.92 Å². The molecular formula is C13H17NO3. The first-order valence-corrected chi connectivity index (χ1v) is 5.79. The Morgan fingerprint density at radius 3 is 2.76 bits per heavy atom. The third-order valence-electron chi connectivity index (χ3n) is 2.94. The lowest BCUT2D eigenvalue weighted by atomic mass is 10.1. The normalized spacial score (nSPS) is 20.7. The number of hydrogen-bond donors (Lipinski definition) is 1. The number of hydrogen-bond acceptors (Lipinski definition) is 3. The molecule has 1 amide bonds. The Bertz CT molecular complexity index is 386. The third-order valence-corrected chi connectivity index (χ3v) is 2.94. The van der Waals surface area contributed by atoms with Gasteiger partial charge in [-0.05, 0) is 25.5 Å². The molecule has 0 radical (unpaired) electrons. The Labute approximate surface area is 101 Å². The number of benzene rings is 1. The van der Waals surface area contributed by atoms with Crippen molar-refractivity contribution < 1.29 is 14.6 Å². The van der Waals surface area contributed by atoms with Gasteiger partial charge in [0.25, 0.3) is 5.91 Å². The van der Waals surface area contributed by atoms with Gasteiger partial charge >= 0.3 is 0 Å². The highest BCUT2D eigenvalue weighted by atomic mass is 16.5. The summed E-state index contributed by atoms with van der Waals surface area (Å²) in [6.07, 6.45) is 0.541. The van der Waals surface area contributed by atoms with Crippen LogP contribution in [0.25, 0.3) is 0 Å². The zero-order valence-corrected chi connectivity index (χ0v) is 9.93. The van der Waals surface area contributed by atoms with Crippen LogP contribution in [0.3, 0.4) is 0 Å². The predicted octanol–water partition coefficient (Wildman–Crippen LogP) is 1.11. The van der Waals surface area contributed by atoms with Crippen molar-refractivity contribution in [1.29, 1.82) is 0 Å². The minimum atomic E-state index is -0.0658. The van der Waals surface area contributed by atoms with E-state index in [0.29, 0.717) is 13.0 Å². The average molecular weight is 235 g/mol. The number of carbonyl (C=O) groups is 1. The highest BCUT2D eigenvalue weighted by molar-refractivity contribution is 5.95. The minimum Gasteiger partial charge on any atom is -0.396 e. The standard InChI is InChI=1S/C13H17NO3/c1-10-2-4-11(5-3-10)14-12(6-7-15)8-17-9-13(14)16/h2-5,12,15H,6-9H2,1H3. The van der Waals surface area contributed by atoms with Crippen molar-refractivity contribution in [3.8, 4) is 0 Å². The summed E-state index contributed by atoms with van der Waals surface area (Å²) in [6.45, 7) is 2.68. The molecule has 1 atom stereocenters. The van der Waals surface area contributed by atoms with Crippen molar-refractivity contribution in [1.82, 2.24) is 0 Å². The van der Waals surface area contributed by atoms with E-state index < -0.39 is 0 Å². The van der Waals surface area contributed by atoms with E-state index in [9.17, 15) is 4.79 Å². The highest BCUT2D eigenvalue weighted by Gasteiger charge is 2.29. The van der Waals surface area contributed by atoms with Crippen molar-refractivity contribution in [2.45, 2.75) is 19.4 Å². The largest absolute Gasteiger partial charge is 0.396 e. The summed E-state index contributed by atoms with van der Waals surface area (Å²) in [4.78, 5) is 13.6. The molecule has 0 aromatic heterocycles. The molecule has 4 heteroatoms. The van der Waals surface area contributed by atoms with Crippen LogP contribution in [0.15, 0.2) is 24.3 Å². The van der Waals surface area contributed by atoms with Crippen LogP contribution >= 0.6 is 0 Å². The van der Waals surface area contributed by atoms with E-state index in [1.807, 2.05) is 31.2 Å². The van der Waals surface area contributed by atoms with Crippen molar-refractivity contribution >= 4 is 11.6 Å². The molecule has 1 fully saturated rings. The number of aryl methyl sites for hydroxylation is 1. The molecule has 1 N–H and O–H groups in total. The van der Waals surface area contributed by atoms with E-state index in [2.05, 4.69) is 0 Å².